The molecule has 5 heteroatoms. The molecule has 0 saturated carbocycles. The molecule has 0 radical (unpaired) electrons. The fourth-order valence-electron chi connectivity index (χ4n) is 3.08. The zero-order valence-corrected chi connectivity index (χ0v) is 13.8. The predicted octanol–water partition coefficient (Wildman–Crippen LogP) is 2.62. The zero-order valence-electron chi connectivity index (χ0n) is 13.1. The summed E-state index contributed by atoms with van der Waals surface area (Å²) in [4.78, 5) is 2.33. The highest BCUT2D eigenvalue weighted by Crippen LogP contribution is 2.35. The number of nitrogens with zero attached hydrogens (tertiary/aromatic N) is 1. The van der Waals surface area contributed by atoms with Gasteiger partial charge in [0.15, 0.2) is 0 Å². The van der Waals surface area contributed by atoms with Crippen LogP contribution in [0.25, 0.3) is 0 Å². The molecular weight excluding hydrogens is 296 g/mol. The van der Waals surface area contributed by atoms with Gasteiger partial charge in [-0.05, 0) is 50.1 Å². The second kappa shape index (κ2) is 6.23. The molecule has 3 rings (SSSR count). The number of hydrogen-bond donors (Lipinski definition) is 3. The average Bonchev–Trinajstić information content (AvgIpc) is 2.87. The first-order valence-electron chi connectivity index (χ1n) is 7.87. The minimum Gasteiger partial charge on any atom is -0.368 e. The second-order valence-electron chi connectivity index (χ2n) is 5.82. The van der Waals surface area contributed by atoms with Gasteiger partial charge < -0.3 is 21.3 Å². The van der Waals surface area contributed by atoms with Crippen LogP contribution in [0.15, 0.2) is 46.9 Å². The third kappa shape index (κ3) is 2.69. The Hall–Kier alpha value is -1.65. The Morgan fingerprint density at radius 3 is 2.59 bits per heavy atom. The van der Waals surface area contributed by atoms with Crippen LogP contribution in [-0.4, -0.2) is 18.8 Å². The van der Waals surface area contributed by atoms with E-state index in [1.165, 1.54) is 11.3 Å². The SMILES string of the molecule is CCC1NC2=C(Cl)NC(C)C=C2N1c1ccc(CCN)cc1. The van der Waals surface area contributed by atoms with E-state index >= 15 is 0 Å². The molecule has 2 atom stereocenters. The lowest BCUT2D eigenvalue weighted by atomic mass is 10.1. The molecule has 0 bridgehead atoms. The summed E-state index contributed by atoms with van der Waals surface area (Å²) >= 11 is 6.38. The second-order valence-corrected chi connectivity index (χ2v) is 6.20. The highest BCUT2D eigenvalue weighted by molar-refractivity contribution is 6.30. The lowest BCUT2D eigenvalue weighted by Crippen LogP contribution is -2.34. The van der Waals surface area contributed by atoms with E-state index in [9.17, 15) is 0 Å². The van der Waals surface area contributed by atoms with Crippen LogP contribution in [0.1, 0.15) is 25.8 Å². The zero-order chi connectivity index (χ0) is 15.7. The van der Waals surface area contributed by atoms with Crippen LogP contribution in [0.2, 0.25) is 0 Å². The van der Waals surface area contributed by atoms with Crippen molar-refractivity contribution < 1.29 is 0 Å². The Balaban J connectivity index is 1.96. The molecule has 0 spiro atoms. The summed E-state index contributed by atoms with van der Waals surface area (Å²) in [6.07, 6.45) is 4.35. The quantitative estimate of drug-likeness (QED) is 0.747. The summed E-state index contributed by atoms with van der Waals surface area (Å²) in [5.74, 6) is 0. The number of halogens is 1. The number of fused-ring (bicyclic) bond motifs is 1. The smallest absolute Gasteiger partial charge is 0.128 e. The van der Waals surface area contributed by atoms with Crippen molar-refractivity contribution in [3.8, 4) is 0 Å². The maximum absolute atomic E-state index is 6.38. The minimum atomic E-state index is 0.224. The van der Waals surface area contributed by atoms with E-state index in [1.54, 1.807) is 0 Å². The number of anilines is 1. The molecule has 2 unspecified atom stereocenters. The monoisotopic (exact) mass is 318 g/mol. The van der Waals surface area contributed by atoms with E-state index in [1.807, 2.05) is 0 Å². The van der Waals surface area contributed by atoms with Crippen LogP contribution in [0, 0.1) is 0 Å². The molecule has 4 nitrogen and oxygen atoms in total. The van der Waals surface area contributed by atoms with Gasteiger partial charge in [0, 0.05) is 11.7 Å². The summed E-state index contributed by atoms with van der Waals surface area (Å²) < 4.78 is 0. The van der Waals surface area contributed by atoms with Crippen LogP contribution in [-0.2, 0) is 6.42 Å². The van der Waals surface area contributed by atoms with Crippen molar-refractivity contribution in [1.29, 1.82) is 0 Å². The molecule has 2 aliphatic rings. The molecule has 0 aromatic heterocycles. The molecule has 0 amide bonds. The van der Waals surface area contributed by atoms with E-state index in [4.69, 9.17) is 17.3 Å². The third-order valence-corrected chi connectivity index (χ3v) is 4.45. The van der Waals surface area contributed by atoms with Gasteiger partial charge in [-0.1, -0.05) is 30.7 Å². The molecule has 1 aromatic carbocycles. The first-order valence-corrected chi connectivity index (χ1v) is 8.25. The van der Waals surface area contributed by atoms with Gasteiger partial charge in [0.1, 0.15) is 11.3 Å². The van der Waals surface area contributed by atoms with Gasteiger partial charge >= 0.3 is 0 Å². The van der Waals surface area contributed by atoms with Crippen molar-refractivity contribution in [2.75, 3.05) is 11.4 Å². The number of hydrogen-bond acceptors (Lipinski definition) is 4. The third-order valence-electron chi connectivity index (χ3n) is 4.15. The Morgan fingerprint density at radius 1 is 1.23 bits per heavy atom. The fourth-order valence-corrected chi connectivity index (χ4v) is 3.40. The van der Waals surface area contributed by atoms with Crippen LogP contribution in [0.3, 0.4) is 0 Å². The summed E-state index contributed by atoms with van der Waals surface area (Å²) in [5.41, 5.74) is 10.2. The van der Waals surface area contributed by atoms with Gasteiger partial charge in [-0.25, -0.2) is 0 Å². The molecule has 1 aromatic rings. The lowest BCUT2D eigenvalue weighted by Gasteiger charge is -2.28. The van der Waals surface area contributed by atoms with Gasteiger partial charge in [0.25, 0.3) is 0 Å². The van der Waals surface area contributed by atoms with E-state index in [-0.39, 0.29) is 12.2 Å². The highest BCUT2D eigenvalue weighted by atomic mass is 35.5. The summed E-state index contributed by atoms with van der Waals surface area (Å²) in [6.45, 7) is 4.96. The van der Waals surface area contributed by atoms with Gasteiger partial charge in [0.05, 0.1) is 11.4 Å². The number of nitrogens with two attached hydrogens (primary N) is 1. The van der Waals surface area contributed by atoms with Crippen molar-refractivity contribution in [2.45, 2.75) is 38.9 Å². The van der Waals surface area contributed by atoms with Crippen LogP contribution in [0.5, 0.6) is 0 Å². The van der Waals surface area contributed by atoms with Crippen LogP contribution in [0.4, 0.5) is 5.69 Å². The first-order chi connectivity index (χ1) is 10.6. The van der Waals surface area contributed by atoms with Crippen molar-refractivity contribution >= 4 is 17.3 Å². The number of nitrogens with one attached hydrogen (secondary N) is 2. The molecule has 22 heavy (non-hydrogen) atoms. The predicted molar refractivity (Wildman–Crippen MR) is 92.5 cm³/mol. The van der Waals surface area contributed by atoms with Gasteiger partial charge in [-0.15, -0.1) is 0 Å². The van der Waals surface area contributed by atoms with Crippen LogP contribution >= 0.6 is 11.6 Å². The molecule has 118 valence electrons. The Kier molecular flexibility index (Phi) is 4.32. The van der Waals surface area contributed by atoms with Crippen LogP contribution < -0.4 is 21.3 Å². The Morgan fingerprint density at radius 2 is 1.95 bits per heavy atom. The van der Waals surface area contributed by atoms with Crippen molar-refractivity contribution in [3.05, 3.63) is 52.5 Å². The van der Waals surface area contributed by atoms with E-state index in [0.717, 1.165) is 24.2 Å². The maximum Gasteiger partial charge on any atom is 0.128 e. The summed E-state index contributed by atoms with van der Waals surface area (Å²) in [6, 6.07) is 8.87. The molecule has 1 saturated heterocycles. The largest absolute Gasteiger partial charge is 0.368 e. The molecule has 1 fully saturated rings. The normalized spacial score (nSPS) is 23.8. The average molecular weight is 319 g/mol. The lowest BCUT2D eigenvalue weighted by molar-refractivity contribution is 0.604. The Bertz CT molecular complexity index is 606. The number of dihydropyridines is 1. The minimum absolute atomic E-state index is 0.224. The summed E-state index contributed by atoms with van der Waals surface area (Å²) in [5, 5.41) is 7.48. The molecule has 4 N–H and O–H groups in total. The summed E-state index contributed by atoms with van der Waals surface area (Å²) in [7, 11) is 0. The van der Waals surface area contributed by atoms with Gasteiger partial charge in [-0.3, -0.25) is 0 Å². The van der Waals surface area contributed by atoms with Gasteiger partial charge in [0.2, 0.25) is 0 Å². The fraction of sp³-hybridized carbons (Fsp3) is 0.412. The highest BCUT2D eigenvalue weighted by Gasteiger charge is 2.35. The van der Waals surface area contributed by atoms with Crippen molar-refractivity contribution in [1.82, 2.24) is 10.6 Å². The molecule has 2 aliphatic heterocycles. The van der Waals surface area contributed by atoms with Crippen molar-refractivity contribution in [3.63, 3.8) is 0 Å². The number of rotatable bonds is 4. The first kappa shape index (κ1) is 15.3. The van der Waals surface area contributed by atoms with E-state index in [2.05, 4.69) is 59.7 Å². The molecule has 2 heterocycles. The van der Waals surface area contributed by atoms with E-state index < -0.39 is 0 Å². The topological polar surface area (TPSA) is 53.3 Å². The standard InChI is InChI=1S/C17H23ClN4/c1-3-15-21-16-14(10-11(2)20-17(16)18)22(15)13-6-4-12(5-7-13)8-9-19/h4-7,10-11,15,20-21H,3,8-9,19H2,1-2H3. The van der Waals surface area contributed by atoms with Crippen molar-refractivity contribution in [2.24, 2.45) is 5.73 Å². The maximum atomic E-state index is 6.38. The Labute approximate surface area is 137 Å². The number of benzene rings is 1. The van der Waals surface area contributed by atoms with Gasteiger partial charge in [-0.2, -0.15) is 0 Å². The van der Waals surface area contributed by atoms with E-state index in [0.29, 0.717) is 11.7 Å². The molecular formula is C17H23ClN4. The molecule has 0 aliphatic carbocycles.